The number of ether oxygens (including phenoxy) is 1. The Morgan fingerprint density at radius 2 is 2.00 bits per heavy atom. The van der Waals surface area contributed by atoms with E-state index in [-0.39, 0.29) is 51.2 Å². The molecule has 1 amide bonds. The van der Waals surface area contributed by atoms with Crippen LogP contribution in [0.2, 0.25) is 0 Å². The average Bonchev–Trinajstić information content (AvgIpc) is 2.62. The number of halogens is 2. The summed E-state index contributed by atoms with van der Waals surface area (Å²) in [6, 6.07) is 1.37. The van der Waals surface area contributed by atoms with Crippen molar-refractivity contribution in [3.05, 3.63) is 18.0 Å². The molecule has 1 heterocycles. The van der Waals surface area contributed by atoms with E-state index < -0.39 is 5.91 Å². The fourth-order valence-corrected chi connectivity index (χ4v) is 4.29. The molecule has 2 N–H and O–H groups in total. The van der Waals surface area contributed by atoms with Gasteiger partial charge in [-0.25, -0.2) is 4.98 Å². The molecule has 1 saturated carbocycles. The molecule has 0 bridgehead atoms. The van der Waals surface area contributed by atoms with E-state index in [1.54, 1.807) is 0 Å². The van der Waals surface area contributed by atoms with Crippen LogP contribution in [0.3, 0.4) is 0 Å². The van der Waals surface area contributed by atoms with Crippen LogP contribution in [0.15, 0.2) is 12.3 Å². The van der Waals surface area contributed by atoms with Crippen LogP contribution in [0.4, 0.5) is 0 Å². The standard InChI is InChI=1S/C18H26Cl2N2O3/c1-9-10(2)13(19)16(20)18(3,4)8-11(9)22-17(24)14-15(23)12(25-5)6-7-21-14/h6-7,9-11,13,16,23H,8H2,1-5H3,(H,22,24)/t9?,10-,11?,13?,16?/m1/s1. The minimum Gasteiger partial charge on any atom is -0.503 e. The van der Waals surface area contributed by atoms with Crippen LogP contribution in [0.5, 0.6) is 11.5 Å². The molecule has 5 nitrogen and oxygen atoms in total. The van der Waals surface area contributed by atoms with Gasteiger partial charge in [-0.3, -0.25) is 4.79 Å². The highest BCUT2D eigenvalue weighted by molar-refractivity contribution is 6.30. The van der Waals surface area contributed by atoms with Crippen LogP contribution < -0.4 is 10.1 Å². The first-order valence-corrected chi connectivity index (χ1v) is 9.28. The van der Waals surface area contributed by atoms with Crippen LogP contribution in [-0.2, 0) is 0 Å². The molecule has 2 rings (SSSR count). The molecule has 0 spiro atoms. The van der Waals surface area contributed by atoms with Gasteiger partial charge in [-0.15, -0.1) is 23.2 Å². The van der Waals surface area contributed by atoms with Crippen molar-refractivity contribution < 1.29 is 14.6 Å². The van der Waals surface area contributed by atoms with Crippen molar-refractivity contribution in [2.75, 3.05) is 7.11 Å². The summed E-state index contributed by atoms with van der Waals surface area (Å²) in [5.74, 6) is -0.230. The van der Waals surface area contributed by atoms with Gasteiger partial charge < -0.3 is 15.2 Å². The SMILES string of the molecule is COc1ccnc(C(=O)NC2CC(C)(C)C(Cl)C(Cl)[C@H](C)C2C)c1O. The summed E-state index contributed by atoms with van der Waals surface area (Å²) in [7, 11) is 1.43. The minimum atomic E-state index is -0.435. The molecule has 1 aliphatic rings. The zero-order chi connectivity index (χ0) is 18.9. The lowest BCUT2D eigenvalue weighted by molar-refractivity contribution is 0.0896. The van der Waals surface area contributed by atoms with Gasteiger partial charge in [0, 0.05) is 18.3 Å². The number of carbonyl (C=O) groups is 1. The third-order valence-electron chi connectivity index (χ3n) is 5.38. The quantitative estimate of drug-likeness (QED) is 0.609. The Hall–Kier alpha value is -1.20. The molecule has 0 aliphatic heterocycles. The minimum absolute atomic E-state index is 0.0499. The predicted octanol–water partition coefficient (Wildman–Crippen LogP) is 3.81. The van der Waals surface area contributed by atoms with Crippen molar-refractivity contribution in [1.82, 2.24) is 10.3 Å². The summed E-state index contributed by atoms with van der Waals surface area (Å²) in [6.07, 6.45) is 2.12. The van der Waals surface area contributed by atoms with Crippen LogP contribution in [-0.4, -0.2) is 39.9 Å². The fraction of sp³-hybridized carbons (Fsp3) is 0.667. The van der Waals surface area contributed by atoms with Gasteiger partial charge in [0.15, 0.2) is 17.2 Å². The first kappa shape index (κ1) is 20.1. The first-order chi connectivity index (χ1) is 11.6. The summed E-state index contributed by atoms with van der Waals surface area (Å²) < 4.78 is 5.04. The van der Waals surface area contributed by atoms with Crippen molar-refractivity contribution in [1.29, 1.82) is 0 Å². The molecule has 140 valence electrons. The van der Waals surface area contributed by atoms with Crippen LogP contribution >= 0.6 is 23.2 Å². The normalized spacial score (nSPS) is 31.9. The second kappa shape index (κ2) is 7.58. The van der Waals surface area contributed by atoms with Crippen LogP contribution in [0.1, 0.15) is 44.6 Å². The molecule has 4 unspecified atom stereocenters. The Bertz CT molecular complexity index is 639. The van der Waals surface area contributed by atoms with Gasteiger partial charge in [-0.2, -0.15) is 0 Å². The van der Waals surface area contributed by atoms with E-state index in [2.05, 4.69) is 38.0 Å². The third kappa shape index (κ3) is 3.98. The van der Waals surface area contributed by atoms with Crippen molar-refractivity contribution >= 4 is 29.1 Å². The van der Waals surface area contributed by atoms with Gasteiger partial charge in [0.25, 0.3) is 5.91 Å². The summed E-state index contributed by atoms with van der Waals surface area (Å²) in [6.45, 7) is 8.24. The predicted molar refractivity (Wildman–Crippen MR) is 99.7 cm³/mol. The van der Waals surface area contributed by atoms with Crippen molar-refractivity contribution in [3.8, 4) is 11.5 Å². The molecule has 5 atom stereocenters. The number of amides is 1. The van der Waals surface area contributed by atoms with Crippen molar-refractivity contribution in [3.63, 3.8) is 0 Å². The van der Waals surface area contributed by atoms with Gasteiger partial charge in [0.05, 0.1) is 17.9 Å². The highest BCUT2D eigenvalue weighted by atomic mass is 35.5. The number of hydrogen-bond acceptors (Lipinski definition) is 4. The Balaban J connectivity index is 2.27. The molecule has 0 aromatic carbocycles. The summed E-state index contributed by atoms with van der Waals surface area (Å²) >= 11 is 13.2. The maximum atomic E-state index is 12.7. The molecular weight excluding hydrogens is 363 g/mol. The van der Waals surface area contributed by atoms with Crippen LogP contribution in [0.25, 0.3) is 0 Å². The second-order valence-corrected chi connectivity index (χ2v) is 8.52. The van der Waals surface area contributed by atoms with Gasteiger partial charge in [0.2, 0.25) is 0 Å². The highest BCUT2D eigenvalue weighted by Gasteiger charge is 2.45. The largest absolute Gasteiger partial charge is 0.503 e. The lowest BCUT2D eigenvalue weighted by atomic mass is 9.82. The summed E-state index contributed by atoms with van der Waals surface area (Å²) in [5, 5.41) is 12.8. The summed E-state index contributed by atoms with van der Waals surface area (Å²) in [5.41, 5.74) is -0.291. The Kier molecular flexibility index (Phi) is 6.10. The van der Waals surface area contributed by atoms with Crippen LogP contribution in [0, 0.1) is 17.3 Å². The molecule has 1 aliphatic carbocycles. The zero-order valence-corrected chi connectivity index (χ0v) is 16.7. The van der Waals surface area contributed by atoms with Gasteiger partial charge in [-0.05, 0) is 23.7 Å². The molecule has 1 aromatic rings. The van der Waals surface area contributed by atoms with Gasteiger partial charge >= 0.3 is 0 Å². The van der Waals surface area contributed by atoms with Gasteiger partial charge in [0.1, 0.15) is 0 Å². The average molecular weight is 389 g/mol. The Morgan fingerprint density at radius 3 is 2.60 bits per heavy atom. The second-order valence-electron chi connectivity index (χ2n) is 7.55. The number of rotatable bonds is 3. The van der Waals surface area contributed by atoms with E-state index in [0.29, 0.717) is 6.42 Å². The Labute approximate surface area is 159 Å². The van der Waals surface area contributed by atoms with E-state index in [1.165, 1.54) is 19.4 Å². The molecule has 0 radical (unpaired) electrons. The molecule has 1 fully saturated rings. The van der Waals surface area contributed by atoms with E-state index in [4.69, 9.17) is 27.9 Å². The van der Waals surface area contributed by atoms with E-state index in [0.717, 1.165) is 0 Å². The number of methoxy groups -OCH3 is 1. The molecular formula is C18H26Cl2N2O3. The number of hydrogen-bond donors (Lipinski definition) is 2. The molecule has 7 heteroatoms. The highest BCUT2D eigenvalue weighted by Crippen LogP contribution is 2.44. The number of aromatic hydroxyl groups is 1. The number of nitrogens with zero attached hydrogens (tertiary/aromatic N) is 1. The number of alkyl halides is 2. The number of carbonyl (C=O) groups excluding carboxylic acids is 1. The monoisotopic (exact) mass is 388 g/mol. The first-order valence-electron chi connectivity index (χ1n) is 8.41. The van der Waals surface area contributed by atoms with Crippen molar-refractivity contribution in [2.24, 2.45) is 17.3 Å². The number of nitrogens with one attached hydrogen (secondary N) is 1. The lowest BCUT2D eigenvalue weighted by Crippen LogP contribution is -2.43. The van der Waals surface area contributed by atoms with E-state index in [1.807, 2.05) is 0 Å². The smallest absolute Gasteiger partial charge is 0.274 e. The fourth-order valence-electron chi connectivity index (χ4n) is 3.41. The molecule has 1 aromatic heterocycles. The van der Waals surface area contributed by atoms with Gasteiger partial charge in [-0.1, -0.05) is 27.7 Å². The molecule has 0 saturated heterocycles. The zero-order valence-electron chi connectivity index (χ0n) is 15.2. The number of aromatic nitrogens is 1. The van der Waals surface area contributed by atoms with E-state index in [9.17, 15) is 9.90 Å². The topological polar surface area (TPSA) is 71.5 Å². The Morgan fingerprint density at radius 1 is 1.36 bits per heavy atom. The molecule has 25 heavy (non-hydrogen) atoms. The third-order valence-corrected chi connectivity index (χ3v) is 7.02. The summed E-state index contributed by atoms with van der Waals surface area (Å²) in [4.78, 5) is 16.7. The van der Waals surface area contributed by atoms with E-state index >= 15 is 0 Å². The maximum absolute atomic E-state index is 12.7. The number of pyridine rings is 1. The van der Waals surface area contributed by atoms with Crippen molar-refractivity contribution in [2.45, 2.75) is 50.9 Å². The lowest BCUT2D eigenvalue weighted by Gasteiger charge is -2.32. The maximum Gasteiger partial charge on any atom is 0.274 e.